The Morgan fingerprint density at radius 1 is 1.44 bits per heavy atom. The van der Waals surface area contributed by atoms with Gasteiger partial charge in [0.25, 0.3) is 0 Å². The number of halogens is 3. The van der Waals surface area contributed by atoms with E-state index in [2.05, 4.69) is 19.7 Å². The first kappa shape index (κ1) is 12.8. The predicted octanol–water partition coefficient (Wildman–Crippen LogP) is 1.94. The molecular formula is C9H10F3N5S. The van der Waals surface area contributed by atoms with Crippen LogP contribution in [-0.4, -0.2) is 25.5 Å². The summed E-state index contributed by atoms with van der Waals surface area (Å²) in [5, 5.41) is 2.96. The number of nitrogens with one attached hydrogen (secondary N) is 1. The maximum absolute atomic E-state index is 12.2. The average Bonchev–Trinajstić information content (AvgIpc) is 2.88. The van der Waals surface area contributed by atoms with Crippen LogP contribution in [-0.2, 0) is 19.6 Å². The van der Waals surface area contributed by atoms with Crippen molar-refractivity contribution in [3.63, 3.8) is 0 Å². The van der Waals surface area contributed by atoms with Crippen molar-refractivity contribution in [2.75, 3.05) is 11.9 Å². The molecule has 2 heterocycles. The minimum atomic E-state index is -4.49. The van der Waals surface area contributed by atoms with Gasteiger partial charge in [-0.1, -0.05) is 0 Å². The number of rotatable bonds is 4. The van der Waals surface area contributed by atoms with Crippen molar-refractivity contribution in [1.82, 2.24) is 18.9 Å². The summed E-state index contributed by atoms with van der Waals surface area (Å²) in [6, 6.07) is 0. The summed E-state index contributed by atoms with van der Waals surface area (Å²) < 4.78 is 41.8. The summed E-state index contributed by atoms with van der Waals surface area (Å²) in [6.07, 6.45) is -0.412. The molecule has 9 heteroatoms. The number of aryl methyl sites for hydroxylation is 1. The smallest absolute Gasteiger partial charge is 0.360 e. The fourth-order valence-corrected chi connectivity index (χ4v) is 1.94. The molecule has 5 nitrogen and oxygen atoms in total. The van der Waals surface area contributed by atoms with Crippen LogP contribution in [0.3, 0.4) is 0 Å². The molecule has 0 fully saturated rings. The summed E-state index contributed by atoms with van der Waals surface area (Å²) >= 11 is 0.698. The number of imidazole rings is 1. The third kappa shape index (κ3) is 2.97. The zero-order valence-corrected chi connectivity index (χ0v) is 10.2. The molecule has 98 valence electrons. The first-order chi connectivity index (χ1) is 8.47. The van der Waals surface area contributed by atoms with Gasteiger partial charge >= 0.3 is 6.18 Å². The topological polar surface area (TPSA) is 55.6 Å². The molecule has 0 saturated carbocycles. The number of hydrogen-bond donors (Lipinski definition) is 1. The standard InChI is InChI=1S/C9H10F3N5S/c1-17-5-4-13-6(17)2-3-14-8-15-7(16-18-8)9(10,11)12/h4-5H,2-3H2,1H3,(H,14,15,16). The van der Waals surface area contributed by atoms with Crippen LogP contribution in [0.25, 0.3) is 0 Å². The highest BCUT2D eigenvalue weighted by Gasteiger charge is 2.36. The van der Waals surface area contributed by atoms with Gasteiger partial charge in [0.15, 0.2) is 0 Å². The first-order valence-electron chi connectivity index (χ1n) is 5.08. The molecule has 0 aliphatic carbocycles. The molecular weight excluding hydrogens is 267 g/mol. The maximum atomic E-state index is 12.2. The molecule has 0 unspecified atom stereocenters. The molecule has 0 aromatic carbocycles. The lowest BCUT2D eigenvalue weighted by atomic mass is 10.4. The van der Waals surface area contributed by atoms with E-state index in [1.54, 1.807) is 6.20 Å². The van der Waals surface area contributed by atoms with Crippen LogP contribution in [0.2, 0.25) is 0 Å². The molecule has 2 rings (SSSR count). The van der Waals surface area contributed by atoms with Crippen LogP contribution >= 0.6 is 11.5 Å². The number of hydrogen-bond acceptors (Lipinski definition) is 5. The van der Waals surface area contributed by atoms with Gasteiger partial charge in [-0.2, -0.15) is 22.5 Å². The lowest BCUT2D eigenvalue weighted by Gasteiger charge is -2.02. The summed E-state index contributed by atoms with van der Waals surface area (Å²) in [5.74, 6) is -0.255. The first-order valence-corrected chi connectivity index (χ1v) is 5.85. The van der Waals surface area contributed by atoms with Gasteiger partial charge in [0, 0.05) is 43.9 Å². The van der Waals surface area contributed by atoms with E-state index in [0.717, 1.165) is 5.82 Å². The summed E-state index contributed by atoms with van der Waals surface area (Å²) in [6.45, 7) is 0.456. The summed E-state index contributed by atoms with van der Waals surface area (Å²) in [4.78, 5) is 7.47. The fraction of sp³-hybridized carbons (Fsp3) is 0.444. The van der Waals surface area contributed by atoms with E-state index in [1.807, 2.05) is 17.8 Å². The van der Waals surface area contributed by atoms with Gasteiger partial charge in [0.2, 0.25) is 11.0 Å². The Bertz CT molecular complexity index is 518. The second-order valence-corrected chi connectivity index (χ2v) is 4.30. The SMILES string of the molecule is Cn1ccnc1CCNc1nc(C(F)(F)F)ns1. The molecule has 0 amide bonds. The minimum absolute atomic E-state index is 0.163. The van der Waals surface area contributed by atoms with Crippen LogP contribution in [0.15, 0.2) is 12.4 Å². The lowest BCUT2D eigenvalue weighted by molar-refractivity contribution is -0.144. The Kier molecular flexibility index (Phi) is 3.50. The molecule has 2 aromatic heterocycles. The summed E-state index contributed by atoms with van der Waals surface area (Å²) in [5.41, 5.74) is 0. The van der Waals surface area contributed by atoms with E-state index in [4.69, 9.17) is 0 Å². The number of anilines is 1. The molecule has 18 heavy (non-hydrogen) atoms. The Labute approximate surface area is 105 Å². The van der Waals surface area contributed by atoms with Crippen LogP contribution in [0.1, 0.15) is 11.6 Å². The monoisotopic (exact) mass is 277 g/mol. The van der Waals surface area contributed by atoms with Gasteiger partial charge in [0.05, 0.1) is 0 Å². The van der Waals surface area contributed by atoms with Gasteiger partial charge in [-0.25, -0.2) is 4.98 Å². The molecule has 1 N–H and O–H groups in total. The molecule has 0 saturated heterocycles. The molecule has 0 aliphatic heterocycles. The number of aromatic nitrogens is 4. The third-order valence-electron chi connectivity index (χ3n) is 2.23. The van der Waals surface area contributed by atoms with Crippen molar-refractivity contribution >= 4 is 16.7 Å². The Morgan fingerprint density at radius 3 is 2.78 bits per heavy atom. The van der Waals surface area contributed by atoms with E-state index in [0.29, 0.717) is 24.5 Å². The molecule has 2 aromatic rings. The molecule has 0 aliphatic rings. The normalized spacial score (nSPS) is 11.8. The van der Waals surface area contributed by atoms with E-state index in [-0.39, 0.29) is 5.13 Å². The zero-order chi connectivity index (χ0) is 13.2. The number of alkyl halides is 3. The fourth-order valence-electron chi connectivity index (χ4n) is 1.33. The second-order valence-electron chi connectivity index (χ2n) is 3.55. The Morgan fingerprint density at radius 2 is 2.22 bits per heavy atom. The maximum Gasteiger partial charge on any atom is 0.452 e. The van der Waals surface area contributed by atoms with Crippen LogP contribution in [0.4, 0.5) is 18.3 Å². The highest BCUT2D eigenvalue weighted by Crippen LogP contribution is 2.28. The average molecular weight is 277 g/mol. The highest BCUT2D eigenvalue weighted by molar-refractivity contribution is 7.09. The second kappa shape index (κ2) is 4.92. The van der Waals surface area contributed by atoms with Crippen molar-refractivity contribution < 1.29 is 13.2 Å². The quantitative estimate of drug-likeness (QED) is 0.928. The Hall–Kier alpha value is -1.64. The van der Waals surface area contributed by atoms with Crippen LogP contribution < -0.4 is 5.32 Å². The Balaban J connectivity index is 1.88. The largest absolute Gasteiger partial charge is 0.452 e. The lowest BCUT2D eigenvalue weighted by Crippen LogP contribution is -2.10. The summed E-state index contributed by atoms with van der Waals surface area (Å²) in [7, 11) is 1.86. The van der Waals surface area contributed by atoms with Crippen molar-refractivity contribution in [1.29, 1.82) is 0 Å². The van der Waals surface area contributed by atoms with E-state index >= 15 is 0 Å². The van der Waals surface area contributed by atoms with Gasteiger partial charge in [-0.15, -0.1) is 0 Å². The predicted molar refractivity (Wildman–Crippen MR) is 60.3 cm³/mol. The zero-order valence-electron chi connectivity index (χ0n) is 9.40. The molecule has 0 spiro atoms. The van der Waals surface area contributed by atoms with E-state index in [1.165, 1.54) is 0 Å². The minimum Gasteiger partial charge on any atom is -0.360 e. The van der Waals surface area contributed by atoms with Crippen molar-refractivity contribution in [3.8, 4) is 0 Å². The van der Waals surface area contributed by atoms with Crippen LogP contribution in [0, 0.1) is 0 Å². The van der Waals surface area contributed by atoms with E-state index in [9.17, 15) is 13.2 Å². The van der Waals surface area contributed by atoms with E-state index < -0.39 is 12.0 Å². The van der Waals surface area contributed by atoms with Crippen molar-refractivity contribution in [3.05, 3.63) is 24.0 Å². The molecule has 0 radical (unpaired) electrons. The van der Waals surface area contributed by atoms with Crippen molar-refractivity contribution in [2.45, 2.75) is 12.6 Å². The van der Waals surface area contributed by atoms with Crippen molar-refractivity contribution in [2.24, 2.45) is 7.05 Å². The van der Waals surface area contributed by atoms with Gasteiger partial charge in [0.1, 0.15) is 5.82 Å². The van der Waals surface area contributed by atoms with Gasteiger partial charge < -0.3 is 9.88 Å². The molecule has 0 bridgehead atoms. The third-order valence-corrected chi connectivity index (χ3v) is 2.90. The van der Waals surface area contributed by atoms with Gasteiger partial charge in [-0.05, 0) is 0 Å². The highest BCUT2D eigenvalue weighted by atomic mass is 32.1. The molecule has 0 atom stereocenters. The number of nitrogens with zero attached hydrogens (tertiary/aromatic N) is 4. The van der Waals surface area contributed by atoms with Crippen LogP contribution in [0.5, 0.6) is 0 Å². The van der Waals surface area contributed by atoms with Gasteiger partial charge in [-0.3, -0.25) is 0 Å².